The summed E-state index contributed by atoms with van der Waals surface area (Å²) in [6, 6.07) is 11.8. The fraction of sp³-hybridized carbons (Fsp3) is 0. The molecule has 0 saturated heterocycles. The molecule has 0 aliphatic carbocycles. The molecule has 3 aromatic rings. The smallest absolute Gasteiger partial charge is 0.187 e. The second-order valence-electron chi connectivity index (χ2n) is 4.00. The fourth-order valence-electron chi connectivity index (χ4n) is 1.67. The Morgan fingerprint density at radius 1 is 1.05 bits per heavy atom. The quantitative estimate of drug-likeness (QED) is 0.621. The second kappa shape index (κ2) is 6.03. The van der Waals surface area contributed by atoms with Crippen LogP contribution < -0.4 is 5.32 Å². The average Bonchev–Trinajstić information content (AvgIpc) is 2.92. The van der Waals surface area contributed by atoms with Crippen molar-refractivity contribution in [3.63, 3.8) is 0 Å². The Balaban J connectivity index is 1.84. The molecule has 0 radical (unpaired) electrons. The topological polar surface area (TPSA) is 37.8 Å². The highest BCUT2D eigenvalue weighted by Gasteiger charge is 2.07. The molecular formula is C14H9Br2N3S. The highest BCUT2D eigenvalue weighted by Crippen LogP contribution is 2.31. The summed E-state index contributed by atoms with van der Waals surface area (Å²) >= 11 is 8.52. The predicted molar refractivity (Wildman–Crippen MR) is 90.5 cm³/mol. The molecule has 0 aliphatic heterocycles. The SMILES string of the molecule is Brc1ccc(Nc2nc(-c3ccccn3)cs2)c(Br)c1. The van der Waals surface area contributed by atoms with Crippen LogP contribution in [-0.2, 0) is 0 Å². The zero-order valence-electron chi connectivity index (χ0n) is 10.2. The molecule has 0 amide bonds. The molecule has 6 heteroatoms. The van der Waals surface area contributed by atoms with Gasteiger partial charge >= 0.3 is 0 Å². The number of benzene rings is 1. The Morgan fingerprint density at radius 3 is 2.70 bits per heavy atom. The lowest BCUT2D eigenvalue weighted by atomic mass is 10.3. The van der Waals surface area contributed by atoms with Crippen LogP contribution in [0.5, 0.6) is 0 Å². The number of anilines is 2. The number of thiazole rings is 1. The second-order valence-corrected chi connectivity index (χ2v) is 6.63. The number of aromatic nitrogens is 2. The van der Waals surface area contributed by atoms with E-state index < -0.39 is 0 Å². The zero-order valence-corrected chi connectivity index (χ0v) is 14.2. The number of pyridine rings is 1. The van der Waals surface area contributed by atoms with Crippen molar-refractivity contribution in [2.75, 3.05) is 5.32 Å². The van der Waals surface area contributed by atoms with E-state index in [1.165, 1.54) is 0 Å². The zero-order chi connectivity index (χ0) is 13.9. The van der Waals surface area contributed by atoms with Crippen LogP contribution in [0.4, 0.5) is 10.8 Å². The monoisotopic (exact) mass is 409 g/mol. The number of hydrogen-bond acceptors (Lipinski definition) is 4. The lowest BCUT2D eigenvalue weighted by Gasteiger charge is -2.05. The van der Waals surface area contributed by atoms with E-state index in [9.17, 15) is 0 Å². The Hall–Kier alpha value is -1.24. The van der Waals surface area contributed by atoms with E-state index in [0.717, 1.165) is 31.2 Å². The Labute approximate surface area is 137 Å². The van der Waals surface area contributed by atoms with Crippen LogP contribution in [-0.4, -0.2) is 9.97 Å². The van der Waals surface area contributed by atoms with Gasteiger partial charge in [0.1, 0.15) is 5.69 Å². The maximum atomic E-state index is 4.55. The van der Waals surface area contributed by atoms with Crippen molar-refractivity contribution >= 4 is 54.0 Å². The highest BCUT2D eigenvalue weighted by atomic mass is 79.9. The van der Waals surface area contributed by atoms with Gasteiger partial charge in [-0.2, -0.15) is 0 Å². The van der Waals surface area contributed by atoms with Crippen LogP contribution >= 0.6 is 43.2 Å². The van der Waals surface area contributed by atoms with Crippen molar-refractivity contribution in [3.8, 4) is 11.4 Å². The maximum absolute atomic E-state index is 4.55. The van der Waals surface area contributed by atoms with Crippen LogP contribution in [0.1, 0.15) is 0 Å². The van der Waals surface area contributed by atoms with Gasteiger partial charge in [0.25, 0.3) is 0 Å². The van der Waals surface area contributed by atoms with Gasteiger partial charge in [0.15, 0.2) is 5.13 Å². The molecule has 0 saturated carbocycles. The van der Waals surface area contributed by atoms with E-state index in [4.69, 9.17) is 0 Å². The molecule has 0 unspecified atom stereocenters. The molecule has 2 heterocycles. The summed E-state index contributed by atoms with van der Waals surface area (Å²) in [4.78, 5) is 8.85. The van der Waals surface area contributed by atoms with Gasteiger partial charge in [0, 0.05) is 20.5 Å². The molecule has 2 aromatic heterocycles. The lowest BCUT2D eigenvalue weighted by Crippen LogP contribution is -1.91. The van der Waals surface area contributed by atoms with E-state index >= 15 is 0 Å². The molecule has 0 bridgehead atoms. The Morgan fingerprint density at radius 2 is 1.95 bits per heavy atom. The number of halogens is 2. The standard InChI is InChI=1S/C14H9Br2N3S/c15-9-4-5-11(10(16)7-9)18-14-19-13(8-20-14)12-3-1-2-6-17-12/h1-8H,(H,18,19). The van der Waals surface area contributed by atoms with E-state index in [1.54, 1.807) is 17.5 Å². The van der Waals surface area contributed by atoms with Gasteiger partial charge in [-0.3, -0.25) is 4.98 Å². The third kappa shape index (κ3) is 3.08. The highest BCUT2D eigenvalue weighted by molar-refractivity contribution is 9.11. The third-order valence-electron chi connectivity index (χ3n) is 2.60. The van der Waals surface area contributed by atoms with Gasteiger partial charge in [-0.25, -0.2) is 4.98 Å². The van der Waals surface area contributed by atoms with Crippen molar-refractivity contribution in [2.24, 2.45) is 0 Å². The van der Waals surface area contributed by atoms with Crippen molar-refractivity contribution in [1.29, 1.82) is 0 Å². The normalized spacial score (nSPS) is 10.5. The number of nitrogens with one attached hydrogen (secondary N) is 1. The largest absolute Gasteiger partial charge is 0.331 e. The average molecular weight is 411 g/mol. The Kier molecular flexibility index (Phi) is 4.14. The Bertz CT molecular complexity index is 728. The summed E-state index contributed by atoms with van der Waals surface area (Å²) in [6.07, 6.45) is 1.77. The van der Waals surface area contributed by atoms with E-state index in [0.29, 0.717) is 0 Å². The summed E-state index contributed by atoms with van der Waals surface area (Å²) in [5.41, 5.74) is 2.74. The van der Waals surface area contributed by atoms with Crippen molar-refractivity contribution in [2.45, 2.75) is 0 Å². The molecule has 0 fully saturated rings. The van der Waals surface area contributed by atoms with Gasteiger partial charge in [0.2, 0.25) is 0 Å². The van der Waals surface area contributed by atoms with E-state index in [1.807, 2.05) is 41.8 Å². The molecule has 0 aliphatic rings. The van der Waals surface area contributed by atoms with Crippen LogP contribution in [0, 0.1) is 0 Å². The third-order valence-corrected chi connectivity index (χ3v) is 4.51. The summed E-state index contributed by atoms with van der Waals surface area (Å²) in [6.45, 7) is 0. The van der Waals surface area contributed by atoms with Crippen molar-refractivity contribution in [3.05, 3.63) is 56.9 Å². The van der Waals surface area contributed by atoms with Gasteiger partial charge < -0.3 is 5.32 Å². The van der Waals surface area contributed by atoms with E-state index in [-0.39, 0.29) is 0 Å². The minimum absolute atomic E-state index is 0.841. The first-order valence-electron chi connectivity index (χ1n) is 5.81. The fourth-order valence-corrected chi connectivity index (χ4v) is 3.53. The molecule has 0 atom stereocenters. The van der Waals surface area contributed by atoms with Crippen LogP contribution in [0.15, 0.2) is 56.9 Å². The van der Waals surface area contributed by atoms with Gasteiger partial charge in [-0.15, -0.1) is 11.3 Å². The van der Waals surface area contributed by atoms with Gasteiger partial charge in [-0.1, -0.05) is 22.0 Å². The number of hydrogen-bond donors (Lipinski definition) is 1. The molecule has 20 heavy (non-hydrogen) atoms. The van der Waals surface area contributed by atoms with Gasteiger partial charge in [-0.05, 0) is 46.3 Å². The van der Waals surface area contributed by atoms with Gasteiger partial charge in [0.05, 0.1) is 11.4 Å². The van der Waals surface area contributed by atoms with Crippen LogP contribution in [0.2, 0.25) is 0 Å². The maximum Gasteiger partial charge on any atom is 0.187 e. The summed E-state index contributed by atoms with van der Waals surface area (Å²) in [5.74, 6) is 0. The van der Waals surface area contributed by atoms with Crippen molar-refractivity contribution in [1.82, 2.24) is 9.97 Å². The minimum Gasteiger partial charge on any atom is -0.331 e. The molecular weight excluding hydrogens is 402 g/mol. The lowest BCUT2D eigenvalue weighted by molar-refractivity contribution is 1.28. The van der Waals surface area contributed by atoms with Crippen molar-refractivity contribution < 1.29 is 0 Å². The summed E-state index contributed by atoms with van der Waals surface area (Å²) in [7, 11) is 0. The predicted octanol–water partition coefficient (Wildman–Crippen LogP) is 5.47. The van der Waals surface area contributed by atoms with Crippen LogP contribution in [0.3, 0.4) is 0 Å². The first-order valence-corrected chi connectivity index (χ1v) is 8.28. The summed E-state index contributed by atoms with van der Waals surface area (Å²) < 4.78 is 2.02. The molecule has 100 valence electrons. The molecule has 1 N–H and O–H groups in total. The molecule has 3 nitrogen and oxygen atoms in total. The van der Waals surface area contributed by atoms with Crippen LogP contribution in [0.25, 0.3) is 11.4 Å². The molecule has 3 rings (SSSR count). The minimum atomic E-state index is 0.841. The first-order chi connectivity index (χ1) is 9.72. The number of nitrogens with zero attached hydrogens (tertiary/aromatic N) is 2. The number of rotatable bonds is 3. The first kappa shape index (κ1) is 13.7. The molecule has 1 aromatic carbocycles. The van der Waals surface area contributed by atoms with E-state index in [2.05, 4.69) is 47.1 Å². The summed E-state index contributed by atoms with van der Waals surface area (Å²) in [5, 5.41) is 6.14. The molecule has 0 spiro atoms.